The van der Waals surface area contributed by atoms with Gasteiger partial charge in [-0.15, -0.1) is 0 Å². The molecule has 0 aliphatic carbocycles. The van der Waals surface area contributed by atoms with Crippen molar-refractivity contribution in [1.82, 2.24) is 10.6 Å². The molecule has 0 saturated heterocycles. The Kier molecular flexibility index (Phi) is 6.18. The van der Waals surface area contributed by atoms with E-state index in [9.17, 15) is 4.79 Å². The number of nitrogens with zero attached hydrogens (tertiary/aromatic N) is 1. The first kappa shape index (κ1) is 12.3. The Hall–Kier alpha value is -0.750. The molecule has 0 bridgehead atoms. The molecule has 0 aromatic carbocycles. The van der Waals surface area contributed by atoms with Crippen molar-refractivity contribution < 1.29 is 9.53 Å². The zero-order chi connectivity index (χ0) is 10.9. The molecule has 5 nitrogen and oxygen atoms in total. The summed E-state index contributed by atoms with van der Waals surface area (Å²) in [7, 11) is 1.61. The van der Waals surface area contributed by atoms with Gasteiger partial charge in [-0.1, -0.05) is 11.8 Å². The number of ether oxygens (including phenoxy) is 1. The number of aliphatic imine (C=N–C) groups is 1. The Morgan fingerprint density at radius 2 is 2.47 bits per heavy atom. The van der Waals surface area contributed by atoms with E-state index in [-0.39, 0.29) is 5.91 Å². The van der Waals surface area contributed by atoms with Crippen LogP contribution in [0.3, 0.4) is 0 Å². The first-order chi connectivity index (χ1) is 7.33. The second-order valence-electron chi connectivity index (χ2n) is 3.05. The number of carbonyl (C=O) groups is 1. The van der Waals surface area contributed by atoms with Crippen LogP contribution in [0.15, 0.2) is 4.99 Å². The molecule has 1 amide bonds. The molecule has 15 heavy (non-hydrogen) atoms. The lowest BCUT2D eigenvalue weighted by Crippen LogP contribution is -2.31. The molecule has 0 aromatic rings. The molecule has 86 valence electrons. The van der Waals surface area contributed by atoms with Gasteiger partial charge in [-0.2, -0.15) is 0 Å². The van der Waals surface area contributed by atoms with E-state index in [4.69, 9.17) is 4.74 Å². The zero-order valence-corrected chi connectivity index (χ0v) is 9.73. The standard InChI is InChI=1S/C9H17N3O2S/c1-14-6-4-10-8(13)2-3-11-9-12-5-7-15-9/h2-7H2,1H3,(H,10,13)(H,11,12). The van der Waals surface area contributed by atoms with Crippen molar-refractivity contribution in [2.45, 2.75) is 6.42 Å². The van der Waals surface area contributed by atoms with Crippen molar-refractivity contribution in [2.75, 3.05) is 39.1 Å². The number of nitrogens with one attached hydrogen (secondary N) is 2. The van der Waals surface area contributed by atoms with Crippen LogP contribution >= 0.6 is 11.8 Å². The Morgan fingerprint density at radius 1 is 1.60 bits per heavy atom. The minimum Gasteiger partial charge on any atom is -0.383 e. The van der Waals surface area contributed by atoms with Gasteiger partial charge in [0.1, 0.15) is 0 Å². The first-order valence-electron chi connectivity index (χ1n) is 4.99. The molecule has 0 radical (unpaired) electrons. The molecule has 1 rings (SSSR count). The Morgan fingerprint density at radius 3 is 3.13 bits per heavy atom. The van der Waals surface area contributed by atoms with Gasteiger partial charge >= 0.3 is 0 Å². The van der Waals surface area contributed by atoms with Gasteiger partial charge < -0.3 is 15.4 Å². The van der Waals surface area contributed by atoms with Crippen LogP contribution < -0.4 is 10.6 Å². The summed E-state index contributed by atoms with van der Waals surface area (Å²) in [4.78, 5) is 15.5. The highest BCUT2D eigenvalue weighted by molar-refractivity contribution is 8.14. The van der Waals surface area contributed by atoms with Crippen LogP contribution in [0.25, 0.3) is 0 Å². The topological polar surface area (TPSA) is 62.7 Å². The maximum atomic E-state index is 11.2. The highest BCUT2D eigenvalue weighted by Gasteiger charge is 2.06. The van der Waals surface area contributed by atoms with Gasteiger partial charge in [-0.3, -0.25) is 9.79 Å². The lowest BCUT2D eigenvalue weighted by atomic mass is 10.4. The SMILES string of the molecule is COCCNC(=O)CCNC1=NCCS1. The molecule has 1 heterocycles. The van der Waals surface area contributed by atoms with E-state index in [1.165, 1.54) is 0 Å². The smallest absolute Gasteiger partial charge is 0.221 e. The van der Waals surface area contributed by atoms with E-state index in [1.54, 1.807) is 18.9 Å². The number of thioether (sulfide) groups is 1. The number of rotatable bonds is 6. The fourth-order valence-electron chi connectivity index (χ4n) is 1.11. The molecule has 0 unspecified atom stereocenters. The third-order valence-electron chi connectivity index (χ3n) is 1.84. The van der Waals surface area contributed by atoms with Gasteiger partial charge in [0.05, 0.1) is 13.2 Å². The first-order valence-corrected chi connectivity index (χ1v) is 5.98. The van der Waals surface area contributed by atoms with E-state index < -0.39 is 0 Å². The quantitative estimate of drug-likeness (QED) is 0.623. The third-order valence-corrected chi connectivity index (χ3v) is 2.78. The molecule has 0 aromatic heterocycles. The second-order valence-corrected chi connectivity index (χ2v) is 4.14. The van der Waals surface area contributed by atoms with Crippen LogP contribution in [0.5, 0.6) is 0 Å². The third kappa shape index (κ3) is 5.64. The van der Waals surface area contributed by atoms with E-state index in [2.05, 4.69) is 15.6 Å². The van der Waals surface area contributed by atoms with Gasteiger partial charge in [0.15, 0.2) is 5.17 Å². The van der Waals surface area contributed by atoms with E-state index in [0.717, 1.165) is 17.5 Å². The Bertz CT molecular complexity index is 233. The maximum absolute atomic E-state index is 11.2. The molecular formula is C9H17N3O2S. The Labute approximate surface area is 94.0 Å². The molecule has 1 aliphatic rings. The van der Waals surface area contributed by atoms with E-state index >= 15 is 0 Å². The molecule has 2 N–H and O–H groups in total. The molecule has 0 saturated carbocycles. The van der Waals surface area contributed by atoms with Crippen LogP contribution in [0.1, 0.15) is 6.42 Å². The minimum atomic E-state index is 0.0446. The molecule has 0 atom stereocenters. The number of hydrogen-bond donors (Lipinski definition) is 2. The molecule has 6 heteroatoms. The lowest BCUT2D eigenvalue weighted by Gasteiger charge is -2.06. The zero-order valence-electron chi connectivity index (χ0n) is 8.91. The van der Waals surface area contributed by atoms with Gasteiger partial charge in [-0.25, -0.2) is 0 Å². The van der Waals surface area contributed by atoms with Crippen LogP contribution in [0, 0.1) is 0 Å². The van der Waals surface area contributed by atoms with Gasteiger partial charge in [0, 0.05) is 32.4 Å². The fraction of sp³-hybridized carbons (Fsp3) is 0.778. The van der Waals surface area contributed by atoms with Crippen molar-refractivity contribution in [1.29, 1.82) is 0 Å². The van der Waals surface area contributed by atoms with Crippen molar-refractivity contribution >= 4 is 22.8 Å². The average molecular weight is 231 g/mol. The normalized spacial score (nSPS) is 14.9. The van der Waals surface area contributed by atoms with Crippen molar-refractivity contribution in [3.05, 3.63) is 0 Å². The number of amidine groups is 1. The van der Waals surface area contributed by atoms with Gasteiger partial charge in [0.2, 0.25) is 5.91 Å². The highest BCUT2D eigenvalue weighted by atomic mass is 32.2. The monoisotopic (exact) mass is 231 g/mol. The van der Waals surface area contributed by atoms with Gasteiger partial charge in [0.25, 0.3) is 0 Å². The summed E-state index contributed by atoms with van der Waals surface area (Å²) in [6.07, 6.45) is 0.475. The summed E-state index contributed by atoms with van der Waals surface area (Å²) < 4.78 is 4.83. The number of hydrogen-bond acceptors (Lipinski definition) is 5. The summed E-state index contributed by atoms with van der Waals surface area (Å²) in [6.45, 7) is 2.66. The van der Waals surface area contributed by atoms with Crippen molar-refractivity contribution in [3.63, 3.8) is 0 Å². The van der Waals surface area contributed by atoms with Gasteiger partial charge in [-0.05, 0) is 0 Å². The largest absolute Gasteiger partial charge is 0.383 e. The average Bonchev–Trinajstić information content (AvgIpc) is 2.71. The van der Waals surface area contributed by atoms with Crippen molar-refractivity contribution in [2.24, 2.45) is 4.99 Å². The number of methoxy groups -OCH3 is 1. The summed E-state index contributed by atoms with van der Waals surface area (Å²) >= 11 is 1.70. The Balaban J connectivity index is 1.96. The number of carbonyl (C=O) groups excluding carboxylic acids is 1. The van der Waals surface area contributed by atoms with Crippen LogP contribution in [-0.2, 0) is 9.53 Å². The van der Waals surface area contributed by atoms with Crippen LogP contribution in [0.2, 0.25) is 0 Å². The van der Waals surface area contributed by atoms with E-state index in [1.807, 2.05) is 0 Å². The molecule has 1 aliphatic heterocycles. The fourth-order valence-corrected chi connectivity index (χ4v) is 1.87. The predicted octanol–water partition coefficient (Wildman–Crippen LogP) is -0.168. The summed E-state index contributed by atoms with van der Waals surface area (Å²) in [5, 5.41) is 6.84. The van der Waals surface area contributed by atoms with Crippen LogP contribution in [-0.4, -0.2) is 50.2 Å². The molecule has 0 fully saturated rings. The molecule has 0 spiro atoms. The predicted molar refractivity (Wildman–Crippen MR) is 62.3 cm³/mol. The summed E-state index contributed by atoms with van der Waals surface area (Å²) in [5.74, 6) is 1.09. The maximum Gasteiger partial charge on any atom is 0.221 e. The summed E-state index contributed by atoms with van der Waals surface area (Å²) in [5.41, 5.74) is 0. The van der Waals surface area contributed by atoms with Crippen LogP contribution in [0.4, 0.5) is 0 Å². The number of amides is 1. The lowest BCUT2D eigenvalue weighted by molar-refractivity contribution is -0.121. The second kappa shape index (κ2) is 7.53. The van der Waals surface area contributed by atoms with Crippen molar-refractivity contribution in [3.8, 4) is 0 Å². The minimum absolute atomic E-state index is 0.0446. The highest BCUT2D eigenvalue weighted by Crippen LogP contribution is 2.08. The molecular weight excluding hydrogens is 214 g/mol. The van der Waals surface area contributed by atoms with E-state index in [0.29, 0.717) is 26.1 Å². The summed E-state index contributed by atoms with van der Waals surface area (Å²) in [6, 6.07) is 0.